The van der Waals surface area contributed by atoms with Crippen molar-refractivity contribution in [1.29, 1.82) is 0 Å². The SMILES string of the molecule is COC(=O)c1[nH]c2ccccc2c1NC(=O)C12C[C@@H]3C[C@@H](CC(Br)(C3)C1)C2. The van der Waals surface area contributed by atoms with Gasteiger partial charge in [0.25, 0.3) is 0 Å². The van der Waals surface area contributed by atoms with Crippen molar-refractivity contribution in [3.63, 3.8) is 0 Å². The standard InChI is InChI=1S/C21H23BrN2O3/c1-27-18(25)17-16(14-4-2-3-5-15(14)23-17)24-19(26)20-7-12-6-13(8-20)10-21(22,9-12)11-20/h2-5,12-13,23H,6-11H2,1H3,(H,24,26)/t12-,13+,20?,21?. The van der Waals surface area contributed by atoms with Crippen LogP contribution in [0.5, 0.6) is 0 Å². The highest BCUT2D eigenvalue weighted by molar-refractivity contribution is 9.10. The Bertz CT molecular complexity index is 936. The van der Waals surface area contributed by atoms with Crippen LogP contribution < -0.4 is 5.32 Å². The maximum Gasteiger partial charge on any atom is 0.356 e. The summed E-state index contributed by atoms with van der Waals surface area (Å²) in [7, 11) is 1.35. The number of hydrogen-bond donors (Lipinski definition) is 2. The van der Waals surface area contributed by atoms with Crippen molar-refractivity contribution in [2.24, 2.45) is 17.3 Å². The van der Waals surface area contributed by atoms with Crippen LogP contribution >= 0.6 is 15.9 Å². The van der Waals surface area contributed by atoms with Gasteiger partial charge in [-0.1, -0.05) is 34.1 Å². The van der Waals surface area contributed by atoms with Crippen LogP contribution in [0.15, 0.2) is 24.3 Å². The van der Waals surface area contributed by atoms with Crippen LogP contribution in [0, 0.1) is 17.3 Å². The molecule has 1 amide bonds. The fourth-order valence-corrected chi connectivity index (χ4v) is 7.64. The van der Waals surface area contributed by atoms with Crippen molar-refractivity contribution < 1.29 is 14.3 Å². The molecule has 1 heterocycles. The van der Waals surface area contributed by atoms with Crippen LogP contribution in [0.3, 0.4) is 0 Å². The van der Waals surface area contributed by atoms with Crippen molar-refractivity contribution in [1.82, 2.24) is 4.98 Å². The Kier molecular flexibility index (Phi) is 3.74. The molecule has 5 nitrogen and oxygen atoms in total. The first kappa shape index (κ1) is 17.3. The van der Waals surface area contributed by atoms with Gasteiger partial charge in [0, 0.05) is 15.2 Å². The summed E-state index contributed by atoms with van der Waals surface area (Å²) in [6, 6.07) is 7.62. The predicted molar refractivity (Wildman–Crippen MR) is 107 cm³/mol. The Morgan fingerprint density at radius 1 is 1.19 bits per heavy atom. The number of rotatable bonds is 3. The average molecular weight is 431 g/mol. The molecule has 4 saturated carbocycles. The molecular weight excluding hydrogens is 408 g/mol. The van der Waals surface area contributed by atoms with E-state index in [1.54, 1.807) is 0 Å². The second-order valence-electron chi connectivity index (χ2n) is 8.76. The van der Waals surface area contributed by atoms with Crippen molar-refractivity contribution >= 4 is 44.4 Å². The van der Waals surface area contributed by atoms with Gasteiger partial charge in [0.1, 0.15) is 5.69 Å². The van der Waals surface area contributed by atoms with Crippen LogP contribution in [-0.2, 0) is 9.53 Å². The van der Waals surface area contributed by atoms with E-state index in [4.69, 9.17) is 4.74 Å². The zero-order valence-electron chi connectivity index (χ0n) is 15.3. The number of carbonyl (C=O) groups excluding carboxylic acids is 2. The second kappa shape index (κ2) is 5.84. The molecule has 4 aliphatic rings. The molecule has 4 aliphatic carbocycles. The van der Waals surface area contributed by atoms with Gasteiger partial charge in [0.2, 0.25) is 5.91 Å². The quantitative estimate of drug-likeness (QED) is 0.550. The van der Waals surface area contributed by atoms with E-state index < -0.39 is 5.97 Å². The number of ether oxygens (including phenoxy) is 1. The summed E-state index contributed by atoms with van der Waals surface area (Å²) in [6.45, 7) is 0. The normalized spacial score (nSPS) is 34.0. The third-order valence-electron chi connectivity index (χ3n) is 6.81. The molecule has 6 rings (SSSR count). The molecule has 0 saturated heterocycles. The molecule has 0 spiro atoms. The number of methoxy groups -OCH3 is 1. The summed E-state index contributed by atoms with van der Waals surface area (Å²) in [5, 5.41) is 3.97. The van der Waals surface area contributed by atoms with Crippen LogP contribution in [0.2, 0.25) is 0 Å². The van der Waals surface area contributed by atoms with Gasteiger partial charge in [-0.25, -0.2) is 4.79 Å². The molecular formula is C21H23BrN2O3. The fraction of sp³-hybridized carbons (Fsp3) is 0.524. The summed E-state index contributed by atoms with van der Waals surface area (Å²) < 4.78 is 5.04. The van der Waals surface area contributed by atoms with E-state index in [1.165, 1.54) is 26.4 Å². The minimum Gasteiger partial charge on any atom is -0.464 e. The van der Waals surface area contributed by atoms with Crippen LogP contribution in [0.4, 0.5) is 5.69 Å². The lowest BCUT2D eigenvalue weighted by atomic mass is 9.49. The van der Waals surface area contributed by atoms with Gasteiger partial charge in [0.15, 0.2) is 0 Å². The van der Waals surface area contributed by atoms with E-state index in [0.717, 1.165) is 30.2 Å². The number of carbonyl (C=O) groups is 2. The minimum atomic E-state index is -0.469. The molecule has 142 valence electrons. The number of fused-ring (bicyclic) bond motifs is 1. The number of aromatic amines is 1. The third kappa shape index (κ3) is 2.64. The molecule has 4 fully saturated rings. The molecule has 1 aromatic heterocycles. The maximum atomic E-state index is 13.5. The monoisotopic (exact) mass is 430 g/mol. The molecule has 4 bridgehead atoms. The second-order valence-corrected chi connectivity index (χ2v) is 10.4. The number of hydrogen-bond acceptors (Lipinski definition) is 3. The van der Waals surface area contributed by atoms with Gasteiger partial charge in [-0.2, -0.15) is 0 Å². The van der Waals surface area contributed by atoms with Crippen molar-refractivity contribution in [2.75, 3.05) is 12.4 Å². The van der Waals surface area contributed by atoms with E-state index >= 15 is 0 Å². The lowest BCUT2D eigenvalue weighted by Gasteiger charge is -2.59. The number of nitrogens with one attached hydrogen (secondary N) is 2. The molecule has 1 aromatic carbocycles. The number of anilines is 1. The van der Waals surface area contributed by atoms with Gasteiger partial charge in [-0.15, -0.1) is 0 Å². The highest BCUT2D eigenvalue weighted by atomic mass is 79.9. The first-order valence-electron chi connectivity index (χ1n) is 9.61. The lowest BCUT2D eigenvalue weighted by Crippen LogP contribution is -2.57. The number of aromatic nitrogens is 1. The number of amides is 1. The lowest BCUT2D eigenvalue weighted by molar-refractivity contribution is -0.138. The highest BCUT2D eigenvalue weighted by Crippen LogP contribution is 2.64. The summed E-state index contributed by atoms with van der Waals surface area (Å²) in [5.74, 6) is 0.832. The number of alkyl halides is 1. The van der Waals surface area contributed by atoms with Gasteiger partial charge >= 0.3 is 5.97 Å². The number of halogens is 1. The Labute approximate surface area is 166 Å². The topological polar surface area (TPSA) is 71.2 Å². The molecule has 2 aromatic rings. The van der Waals surface area contributed by atoms with Crippen LogP contribution in [-0.4, -0.2) is 28.3 Å². The first-order valence-corrected chi connectivity index (χ1v) is 10.4. The molecule has 27 heavy (non-hydrogen) atoms. The molecule has 2 N–H and O–H groups in total. The van der Waals surface area contributed by atoms with Crippen LogP contribution in [0.1, 0.15) is 49.0 Å². The number of H-pyrrole nitrogens is 1. The zero-order valence-corrected chi connectivity index (χ0v) is 16.9. The van der Waals surface area contributed by atoms with E-state index in [2.05, 4.69) is 26.2 Å². The van der Waals surface area contributed by atoms with Crippen molar-refractivity contribution in [3.8, 4) is 0 Å². The average Bonchev–Trinajstić information content (AvgIpc) is 2.97. The maximum absolute atomic E-state index is 13.5. The molecule has 4 atom stereocenters. The summed E-state index contributed by atoms with van der Waals surface area (Å²) in [6.07, 6.45) is 6.41. The van der Waals surface area contributed by atoms with E-state index in [-0.39, 0.29) is 15.6 Å². The summed E-state index contributed by atoms with van der Waals surface area (Å²) in [5.41, 5.74) is 1.34. The van der Waals surface area contributed by atoms with Crippen molar-refractivity contribution in [2.45, 2.75) is 42.8 Å². The van der Waals surface area contributed by atoms with E-state index in [0.29, 0.717) is 23.2 Å². The number of esters is 1. The Balaban J connectivity index is 1.52. The van der Waals surface area contributed by atoms with Gasteiger partial charge in [0.05, 0.1) is 18.2 Å². The molecule has 0 aliphatic heterocycles. The Morgan fingerprint density at radius 3 is 2.56 bits per heavy atom. The Morgan fingerprint density at radius 2 is 1.89 bits per heavy atom. The number of para-hydroxylation sites is 1. The zero-order chi connectivity index (χ0) is 18.8. The van der Waals surface area contributed by atoms with Crippen LogP contribution in [0.25, 0.3) is 10.9 Å². The molecule has 2 unspecified atom stereocenters. The largest absolute Gasteiger partial charge is 0.464 e. The summed E-state index contributed by atoms with van der Waals surface area (Å²) in [4.78, 5) is 28.9. The molecule has 0 radical (unpaired) electrons. The smallest absolute Gasteiger partial charge is 0.356 e. The van der Waals surface area contributed by atoms with E-state index in [1.807, 2.05) is 24.3 Å². The summed E-state index contributed by atoms with van der Waals surface area (Å²) >= 11 is 3.97. The molecule has 6 heteroatoms. The number of benzene rings is 1. The fourth-order valence-electron chi connectivity index (χ4n) is 6.19. The van der Waals surface area contributed by atoms with Crippen molar-refractivity contribution in [3.05, 3.63) is 30.0 Å². The third-order valence-corrected chi connectivity index (χ3v) is 7.73. The highest BCUT2D eigenvalue weighted by Gasteiger charge is 2.59. The van der Waals surface area contributed by atoms with E-state index in [9.17, 15) is 9.59 Å². The van der Waals surface area contributed by atoms with Gasteiger partial charge < -0.3 is 15.0 Å². The predicted octanol–water partition coefficient (Wildman–Crippen LogP) is 4.63. The van der Waals surface area contributed by atoms with Gasteiger partial charge in [-0.05, 0) is 56.4 Å². The minimum absolute atomic E-state index is 0.0512. The first-order chi connectivity index (χ1) is 12.9. The Hall–Kier alpha value is -1.82. The van der Waals surface area contributed by atoms with Gasteiger partial charge in [-0.3, -0.25) is 4.79 Å².